The molecule has 0 fully saturated rings. The van der Waals surface area contributed by atoms with E-state index in [4.69, 9.17) is 4.74 Å². The zero-order valence-corrected chi connectivity index (χ0v) is 19.7. The zero-order valence-electron chi connectivity index (χ0n) is 19.7. The molecule has 0 bridgehead atoms. The second-order valence-electron chi connectivity index (χ2n) is 8.68. The van der Waals surface area contributed by atoms with Gasteiger partial charge in [-0.25, -0.2) is 4.79 Å². The molecule has 0 aliphatic carbocycles. The number of carbonyl (C=O) groups excluding carboxylic acids is 3. The fraction of sp³-hybridized carbons (Fsp3) is 0.609. The van der Waals surface area contributed by atoms with Crippen LogP contribution < -0.4 is 10.6 Å². The summed E-state index contributed by atoms with van der Waals surface area (Å²) in [4.78, 5) is 39.9. The first-order valence-electron chi connectivity index (χ1n) is 10.8. The minimum absolute atomic E-state index is 0.0526. The van der Waals surface area contributed by atoms with E-state index in [-0.39, 0.29) is 24.2 Å². The van der Waals surface area contributed by atoms with Gasteiger partial charge in [-0.1, -0.05) is 25.5 Å². The fourth-order valence-corrected chi connectivity index (χ4v) is 3.22. The number of rotatable bonds is 9. The second-order valence-corrected chi connectivity index (χ2v) is 8.68. The van der Waals surface area contributed by atoms with Crippen molar-refractivity contribution in [1.29, 1.82) is 0 Å². The molecule has 3 amide bonds. The normalized spacial score (nSPS) is 14.2. The Labute approximate surface area is 185 Å². The van der Waals surface area contributed by atoms with Gasteiger partial charge in [0.2, 0.25) is 11.8 Å². The van der Waals surface area contributed by atoms with Crippen LogP contribution >= 0.6 is 0 Å². The topological polar surface area (TPSA) is 108 Å². The molecule has 0 aliphatic rings. The van der Waals surface area contributed by atoms with E-state index in [1.54, 1.807) is 46.8 Å². The lowest BCUT2D eigenvalue weighted by atomic mass is 10.0. The standard InChI is InChI=1S/C23H37N3O5/c1-8-10-15(3)24-20(28)19(17-11-13-18(27)14-12-17)26(9-2)21(29)16(4)25-22(30)31-23(5,6)7/h11-16,19,27H,8-10H2,1-7H3,(H,24,28)(H,25,30). The van der Waals surface area contributed by atoms with E-state index in [9.17, 15) is 19.5 Å². The van der Waals surface area contributed by atoms with E-state index in [1.165, 1.54) is 17.0 Å². The number of phenols is 1. The zero-order chi connectivity index (χ0) is 23.8. The molecule has 0 aliphatic heterocycles. The molecule has 1 aromatic carbocycles. The van der Waals surface area contributed by atoms with Gasteiger partial charge >= 0.3 is 6.09 Å². The van der Waals surface area contributed by atoms with Crippen molar-refractivity contribution in [2.24, 2.45) is 0 Å². The van der Waals surface area contributed by atoms with Gasteiger partial charge in [-0.05, 0) is 65.7 Å². The maximum absolute atomic E-state index is 13.2. The SMILES string of the molecule is CCCC(C)NC(=O)C(c1ccc(O)cc1)N(CC)C(=O)C(C)NC(=O)OC(C)(C)C. The number of nitrogens with one attached hydrogen (secondary N) is 2. The highest BCUT2D eigenvalue weighted by atomic mass is 16.6. The Morgan fingerprint density at radius 2 is 1.65 bits per heavy atom. The molecule has 8 nitrogen and oxygen atoms in total. The van der Waals surface area contributed by atoms with Crippen LogP contribution in [0.1, 0.15) is 72.9 Å². The molecule has 3 N–H and O–H groups in total. The molecule has 0 saturated heterocycles. The average Bonchev–Trinajstić information content (AvgIpc) is 2.64. The number of benzene rings is 1. The molecule has 0 aromatic heterocycles. The molecule has 1 rings (SSSR count). The number of likely N-dealkylation sites (N-methyl/N-ethyl adjacent to an activating group) is 1. The quantitative estimate of drug-likeness (QED) is 0.550. The highest BCUT2D eigenvalue weighted by Crippen LogP contribution is 2.24. The highest BCUT2D eigenvalue weighted by molar-refractivity contribution is 5.92. The summed E-state index contributed by atoms with van der Waals surface area (Å²) in [6.45, 7) is 12.7. The van der Waals surface area contributed by atoms with Crippen LogP contribution in [0.5, 0.6) is 5.75 Å². The minimum atomic E-state index is -0.903. The van der Waals surface area contributed by atoms with Gasteiger partial charge in [0, 0.05) is 12.6 Å². The van der Waals surface area contributed by atoms with E-state index in [2.05, 4.69) is 10.6 Å². The largest absolute Gasteiger partial charge is 0.508 e. The van der Waals surface area contributed by atoms with E-state index < -0.39 is 29.7 Å². The van der Waals surface area contributed by atoms with Gasteiger partial charge in [-0.2, -0.15) is 0 Å². The Balaban J connectivity index is 3.14. The van der Waals surface area contributed by atoms with Gasteiger partial charge in [0.25, 0.3) is 0 Å². The first-order valence-corrected chi connectivity index (χ1v) is 10.8. The van der Waals surface area contributed by atoms with E-state index in [0.29, 0.717) is 5.56 Å². The van der Waals surface area contributed by atoms with Crippen molar-refractivity contribution in [2.45, 2.75) is 85.0 Å². The van der Waals surface area contributed by atoms with E-state index >= 15 is 0 Å². The second kappa shape index (κ2) is 11.6. The number of hydrogen-bond acceptors (Lipinski definition) is 5. The molecule has 1 aromatic rings. The summed E-state index contributed by atoms with van der Waals surface area (Å²) in [5.74, 6) is -0.660. The first-order chi connectivity index (χ1) is 14.4. The Morgan fingerprint density at radius 3 is 2.13 bits per heavy atom. The number of phenolic OH excluding ortho intramolecular Hbond substituents is 1. The Hall–Kier alpha value is -2.77. The first kappa shape index (κ1) is 26.3. The summed E-state index contributed by atoms with van der Waals surface area (Å²) in [5, 5.41) is 15.1. The van der Waals surface area contributed by atoms with Gasteiger partial charge in [0.15, 0.2) is 0 Å². The number of ether oxygens (including phenoxy) is 1. The van der Waals surface area contributed by atoms with Crippen molar-refractivity contribution in [1.82, 2.24) is 15.5 Å². The molecule has 174 valence electrons. The number of aromatic hydroxyl groups is 1. The third-order valence-electron chi connectivity index (χ3n) is 4.61. The summed E-state index contributed by atoms with van der Waals surface area (Å²) < 4.78 is 5.23. The van der Waals surface area contributed by atoms with Crippen LogP contribution in [0.4, 0.5) is 4.79 Å². The molecule has 0 saturated carbocycles. The van der Waals surface area contributed by atoms with E-state index in [0.717, 1.165) is 12.8 Å². The van der Waals surface area contributed by atoms with Crippen molar-refractivity contribution in [2.75, 3.05) is 6.54 Å². The predicted molar refractivity (Wildman–Crippen MR) is 120 cm³/mol. The van der Waals surface area contributed by atoms with Gasteiger partial charge in [0.05, 0.1) is 0 Å². The predicted octanol–water partition coefficient (Wildman–Crippen LogP) is 3.50. The summed E-state index contributed by atoms with van der Waals surface area (Å²) in [5.41, 5.74) is -0.125. The highest BCUT2D eigenvalue weighted by Gasteiger charge is 2.34. The number of hydrogen-bond donors (Lipinski definition) is 3. The summed E-state index contributed by atoms with van der Waals surface area (Å²) in [6, 6.07) is 4.34. The molecule has 0 radical (unpaired) electrons. The van der Waals surface area contributed by atoms with Crippen LogP contribution in [0.2, 0.25) is 0 Å². The molecule has 31 heavy (non-hydrogen) atoms. The lowest BCUT2D eigenvalue weighted by Gasteiger charge is -2.33. The van der Waals surface area contributed by atoms with Crippen molar-refractivity contribution in [3.63, 3.8) is 0 Å². The Kier molecular flexibility index (Phi) is 9.81. The summed E-state index contributed by atoms with van der Waals surface area (Å²) in [7, 11) is 0. The van der Waals surface area contributed by atoms with Crippen molar-refractivity contribution < 1.29 is 24.2 Å². The number of amides is 3. The van der Waals surface area contributed by atoms with Crippen LogP contribution in [0.3, 0.4) is 0 Å². The molecule has 3 unspecified atom stereocenters. The van der Waals surface area contributed by atoms with E-state index in [1.807, 2.05) is 13.8 Å². The maximum Gasteiger partial charge on any atom is 0.408 e. The van der Waals surface area contributed by atoms with Crippen molar-refractivity contribution in [3.05, 3.63) is 29.8 Å². The van der Waals surface area contributed by atoms with Crippen molar-refractivity contribution >= 4 is 17.9 Å². The van der Waals surface area contributed by atoms with Gasteiger partial charge in [-0.15, -0.1) is 0 Å². The molecular weight excluding hydrogens is 398 g/mol. The average molecular weight is 436 g/mol. The molecule has 3 atom stereocenters. The minimum Gasteiger partial charge on any atom is -0.508 e. The smallest absolute Gasteiger partial charge is 0.408 e. The lowest BCUT2D eigenvalue weighted by Crippen LogP contribution is -2.52. The molecule has 0 heterocycles. The van der Waals surface area contributed by atoms with Crippen molar-refractivity contribution in [3.8, 4) is 5.75 Å². The van der Waals surface area contributed by atoms with Crippen LogP contribution in [-0.4, -0.2) is 52.1 Å². The third-order valence-corrected chi connectivity index (χ3v) is 4.61. The Morgan fingerprint density at radius 1 is 1.06 bits per heavy atom. The van der Waals surface area contributed by atoms with Crippen LogP contribution in [0.25, 0.3) is 0 Å². The lowest BCUT2D eigenvalue weighted by molar-refractivity contribution is -0.142. The molecule has 8 heteroatoms. The maximum atomic E-state index is 13.2. The van der Waals surface area contributed by atoms with Crippen LogP contribution in [0, 0.1) is 0 Å². The monoisotopic (exact) mass is 435 g/mol. The summed E-state index contributed by atoms with van der Waals surface area (Å²) >= 11 is 0. The Bertz CT molecular complexity index is 743. The number of carbonyl (C=O) groups is 3. The molecular formula is C23H37N3O5. The van der Waals surface area contributed by atoms with Crippen LogP contribution in [0.15, 0.2) is 24.3 Å². The fourth-order valence-electron chi connectivity index (χ4n) is 3.22. The number of nitrogens with zero attached hydrogens (tertiary/aromatic N) is 1. The van der Waals surface area contributed by atoms with Crippen LogP contribution in [-0.2, 0) is 14.3 Å². The molecule has 0 spiro atoms. The van der Waals surface area contributed by atoms with Gasteiger partial charge in [-0.3, -0.25) is 9.59 Å². The van der Waals surface area contributed by atoms with Gasteiger partial charge < -0.3 is 25.4 Å². The number of alkyl carbamates (subject to hydrolysis) is 1. The van der Waals surface area contributed by atoms with Gasteiger partial charge in [0.1, 0.15) is 23.4 Å². The summed E-state index contributed by atoms with van der Waals surface area (Å²) in [6.07, 6.45) is 1.02. The third kappa shape index (κ3) is 8.47.